The van der Waals surface area contributed by atoms with E-state index in [2.05, 4.69) is 22.9 Å². The lowest BCUT2D eigenvalue weighted by molar-refractivity contribution is 0.271. The molecule has 4 heteroatoms. The summed E-state index contributed by atoms with van der Waals surface area (Å²) in [5.74, 6) is 0. The van der Waals surface area contributed by atoms with Crippen molar-refractivity contribution in [3.8, 4) is 6.07 Å². The molecule has 0 spiro atoms. The van der Waals surface area contributed by atoms with Crippen LogP contribution < -0.4 is 5.73 Å². The molecule has 1 aliphatic heterocycles. The fourth-order valence-corrected chi connectivity index (χ4v) is 1.71. The number of rotatable bonds is 3. The van der Waals surface area contributed by atoms with Gasteiger partial charge in [-0.2, -0.15) is 5.26 Å². The second kappa shape index (κ2) is 5.97. The fraction of sp³-hybridized carbons (Fsp3) is 0.900. The molecule has 1 rings (SSSR count). The molecule has 14 heavy (non-hydrogen) atoms. The van der Waals surface area contributed by atoms with E-state index in [0.29, 0.717) is 0 Å². The molecule has 0 bridgehead atoms. The van der Waals surface area contributed by atoms with Crippen molar-refractivity contribution in [2.24, 2.45) is 5.73 Å². The Labute approximate surface area is 86.3 Å². The van der Waals surface area contributed by atoms with Gasteiger partial charge in [-0.05, 0) is 33.0 Å². The number of hydrogen-bond donors (Lipinski definition) is 1. The fourth-order valence-electron chi connectivity index (χ4n) is 1.71. The van der Waals surface area contributed by atoms with E-state index in [1.807, 2.05) is 0 Å². The van der Waals surface area contributed by atoms with Crippen LogP contribution in [0, 0.1) is 11.3 Å². The molecule has 0 aromatic carbocycles. The predicted octanol–water partition coefficient (Wildman–Crippen LogP) is -0.135. The zero-order valence-electron chi connectivity index (χ0n) is 8.95. The highest BCUT2D eigenvalue weighted by Gasteiger charge is 2.12. The monoisotopic (exact) mass is 196 g/mol. The van der Waals surface area contributed by atoms with Crippen LogP contribution in [-0.2, 0) is 0 Å². The summed E-state index contributed by atoms with van der Waals surface area (Å²) in [6.07, 6.45) is 2.01. The van der Waals surface area contributed by atoms with Crippen LogP contribution >= 0.6 is 0 Å². The highest BCUT2D eigenvalue weighted by atomic mass is 15.2. The van der Waals surface area contributed by atoms with Crippen molar-refractivity contribution >= 4 is 0 Å². The summed E-state index contributed by atoms with van der Waals surface area (Å²) in [6, 6.07) is 1.77. The molecule has 1 unspecified atom stereocenters. The summed E-state index contributed by atoms with van der Waals surface area (Å²) < 4.78 is 0. The number of likely N-dealkylation sites (N-methyl/N-ethyl adjacent to an activating group) is 1. The molecule has 1 fully saturated rings. The first-order valence-corrected chi connectivity index (χ1v) is 5.28. The second-order valence-electron chi connectivity index (χ2n) is 4.02. The molecule has 0 amide bonds. The highest BCUT2D eigenvalue weighted by Crippen LogP contribution is 2.02. The van der Waals surface area contributed by atoms with Gasteiger partial charge in [-0.15, -0.1) is 0 Å². The molecule has 1 atom stereocenters. The number of nitrogens with zero attached hydrogens (tertiary/aromatic N) is 3. The van der Waals surface area contributed by atoms with Gasteiger partial charge >= 0.3 is 0 Å². The van der Waals surface area contributed by atoms with Gasteiger partial charge in [0.05, 0.1) is 12.1 Å². The molecule has 1 heterocycles. The lowest BCUT2D eigenvalue weighted by Crippen LogP contribution is -2.32. The van der Waals surface area contributed by atoms with Gasteiger partial charge in [0.25, 0.3) is 0 Å². The maximum absolute atomic E-state index is 8.56. The number of nitrogens with two attached hydrogens (primary N) is 1. The Bertz CT molecular complexity index is 199. The Morgan fingerprint density at radius 1 is 1.36 bits per heavy atom. The van der Waals surface area contributed by atoms with E-state index in [9.17, 15) is 0 Å². The lowest BCUT2D eigenvalue weighted by Gasteiger charge is -2.20. The van der Waals surface area contributed by atoms with Crippen LogP contribution in [-0.4, -0.2) is 55.6 Å². The summed E-state index contributed by atoms with van der Waals surface area (Å²) >= 11 is 0. The third-order valence-electron chi connectivity index (χ3n) is 2.73. The molecular formula is C10H20N4. The predicted molar refractivity (Wildman–Crippen MR) is 56.8 cm³/mol. The van der Waals surface area contributed by atoms with Gasteiger partial charge in [0.2, 0.25) is 0 Å². The highest BCUT2D eigenvalue weighted by molar-refractivity contribution is 4.87. The van der Waals surface area contributed by atoms with Gasteiger partial charge < -0.3 is 15.5 Å². The summed E-state index contributed by atoms with van der Waals surface area (Å²) in [5, 5.41) is 8.56. The minimum atomic E-state index is -0.295. The van der Waals surface area contributed by atoms with Crippen LogP contribution in [0.3, 0.4) is 0 Å². The lowest BCUT2D eigenvalue weighted by atomic mass is 10.2. The molecule has 1 aliphatic rings. The van der Waals surface area contributed by atoms with E-state index in [1.165, 1.54) is 13.0 Å². The molecule has 0 aliphatic carbocycles. The first-order chi connectivity index (χ1) is 6.72. The van der Waals surface area contributed by atoms with Crippen LogP contribution in [0.4, 0.5) is 0 Å². The van der Waals surface area contributed by atoms with Crippen LogP contribution in [0.2, 0.25) is 0 Å². The van der Waals surface area contributed by atoms with Gasteiger partial charge in [-0.1, -0.05) is 0 Å². The Kier molecular flexibility index (Phi) is 4.88. The van der Waals surface area contributed by atoms with Crippen molar-refractivity contribution in [1.29, 1.82) is 5.26 Å². The molecule has 0 radical (unpaired) electrons. The summed E-state index contributed by atoms with van der Waals surface area (Å²) in [5.41, 5.74) is 5.56. The second-order valence-corrected chi connectivity index (χ2v) is 4.02. The first kappa shape index (κ1) is 11.4. The largest absolute Gasteiger partial charge is 0.316 e. The maximum atomic E-state index is 8.56. The van der Waals surface area contributed by atoms with E-state index >= 15 is 0 Å². The summed E-state index contributed by atoms with van der Waals surface area (Å²) in [4.78, 5) is 4.75. The van der Waals surface area contributed by atoms with Gasteiger partial charge in [0.15, 0.2) is 0 Å². The maximum Gasteiger partial charge on any atom is 0.0940 e. The normalized spacial score (nSPS) is 22.6. The molecule has 2 N–H and O–H groups in total. The zero-order chi connectivity index (χ0) is 10.4. The molecule has 0 saturated carbocycles. The minimum Gasteiger partial charge on any atom is -0.316 e. The zero-order valence-corrected chi connectivity index (χ0v) is 8.95. The molecule has 4 nitrogen and oxygen atoms in total. The quantitative estimate of drug-likeness (QED) is 0.683. The number of nitriles is 1. The first-order valence-electron chi connectivity index (χ1n) is 5.28. The average Bonchev–Trinajstić information content (AvgIpc) is 2.39. The van der Waals surface area contributed by atoms with E-state index in [-0.39, 0.29) is 6.04 Å². The average molecular weight is 196 g/mol. The minimum absolute atomic E-state index is 0.295. The van der Waals surface area contributed by atoms with Crippen molar-refractivity contribution in [3.05, 3.63) is 0 Å². The van der Waals surface area contributed by atoms with Crippen LogP contribution in [0.15, 0.2) is 0 Å². The van der Waals surface area contributed by atoms with Gasteiger partial charge in [-0.25, -0.2) is 0 Å². The Morgan fingerprint density at radius 3 is 2.86 bits per heavy atom. The Morgan fingerprint density at radius 2 is 2.14 bits per heavy atom. The Balaban J connectivity index is 2.21. The van der Waals surface area contributed by atoms with E-state index in [0.717, 1.165) is 32.6 Å². The van der Waals surface area contributed by atoms with E-state index < -0.39 is 0 Å². The van der Waals surface area contributed by atoms with E-state index in [1.54, 1.807) is 0 Å². The third-order valence-corrected chi connectivity index (χ3v) is 2.73. The topological polar surface area (TPSA) is 56.3 Å². The van der Waals surface area contributed by atoms with Crippen molar-refractivity contribution in [2.75, 3.05) is 39.8 Å². The van der Waals surface area contributed by atoms with Crippen molar-refractivity contribution < 1.29 is 0 Å². The van der Waals surface area contributed by atoms with E-state index in [4.69, 9.17) is 11.0 Å². The van der Waals surface area contributed by atoms with Gasteiger partial charge in [0, 0.05) is 19.6 Å². The van der Waals surface area contributed by atoms with Gasteiger partial charge in [-0.3, -0.25) is 0 Å². The molecule has 1 saturated heterocycles. The van der Waals surface area contributed by atoms with Crippen LogP contribution in [0.1, 0.15) is 12.8 Å². The molecular weight excluding hydrogens is 176 g/mol. The third kappa shape index (κ3) is 4.05. The van der Waals surface area contributed by atoms with Crippen LogP contribution in [0.25, 0.3) is 0 Å². The van der Waals surface area contributed by atoms with Crippen molar-refractivity contribution in [2.45, 2.75) is 18.9 Å². The van der Waals surface area contributed by atoms with Crippen molar-refractivity contribution in [3.63, 3.8) is 0 Å². The molecule has 80 valence electrons. The van der Waals surface area contributed by atoms with Gasteiger partial charge in [0.1, 0.15) is 0 Å². The SMILES string of the molecule is CN1CCCN(CCC(N)C#N)CC1. The Hall–Kier alpha value is -0.630. The molecule has 0 aromatic heterocycles. The molecule has 0 aromatic rings. The van der Waals surface area contributed by atoms with Crippen LogP contribution in [0.5, 0.6) is 0 Å². The van der Waals surface area contributed by atoms with Crippen molar-refractivity contribution in [1.82, 2.24) is 9.80 Å². The summed E-state index contributed by atoms with van der Waals surface area (Å²) in [6.45, 7) is 5.52. The standard InChI is InChI=1S/C10H20N4/c1-13-4-2-5-14(8-7-13)6-3-10(12)9-11/h10H,2-8,12H2,1H3. The number of hydrogen-bond acceptors (Lipinski definition) is 4. The smallest absolute Gasteiger partial charge is 0.0940 e. The summed E-state index contributed by atoms with van der Waals surface area (Å²) in [7, 11) is 2.16.